The molecule has 0 bridgehead atoms. The van der Waals surface area contributed by atoms with Crippen LogP contribution in [0, 0.1) is 5.92 Å². The summed E-state index contributed by atoms with van der Waals surface area (Å²) < 4.78 is 32.9. The summed E-state index contributed by atoms with van der Waals surface area (Å²) >= 11 is 0. The molecule has 2 unspecified atom stereocenters. The van der Waals surface area contributed by atoms with Crippen molar-refractivity contribution in [1.29, 1.82) is 0 Å². The van der Waals surface area contributed by atoms with E-state index in [1.165, 1.54) is 0 Å². The van der Waals surface area contributed by atoms with E-state index in [4.69, 9.17) is 10.5 Å². The molecule has 1 aliphatic rings. The number of nitrogens with two attached hydrogens (primary N) is 1. The first kappa shape index (κ1) is 20.4. The smallest absolute Gasteiger partial charge is 0.214 e. The highest BCUT2D eigenvalue weighted by Crippen LogP contribution is 2.29. The van der Waals surface area contributed by atoms with Crippen molar-refractivity contribution in [2.45, 2.75) is 51.7 Å². The van der Waals surface area contributed by atoms with Crippen LogP contribution in [0.4, 0.5) is 0 Å². The molecular weight excluding hydrogens is 336 g/mol. The van der Waals surface area contributed by atoms with E-state index >= 15 is 0 Å². The maximum absolute atomic E-state index is 12.8. The Bertz CT molecular complexity index is 592. The van der Waals surface area contributed by atoms with Crippen LogP contribution >= 0.6 is 0 Å². The van der Waals surface area contributed by atoms with E-state index in [0.29, 0.717) is 32.7 Å². The Morgan fingerprint density at radius 2 is 1.92 bits per heavy atom. The number of benzene rings is 1. The molecule has 0 radical (unpaired) electrons. The van der Waals surface area contributed by atoms with Crippen LogP contribution in [0.3, 0.4) is 0 Å². The monoisotopic (exact) mass is 368 g/mol. The maximum atomic E-state index is 12.8. The number of rotatable bonds is 10. The van der Waals surface area contributed by atoms with Crippen molar-refractivity contribution in [1.82, 2.24) is 4.31 Å². The van der Waals surface area contributed by atoms with Crippen molar-refractivity contribution in [3.8, 4) is 0 Å². The largest absolute Gasteiger partial charge is 0.377 e. The predicted molar refractivity (Wildman–Crippen MR) is 102 cm³/mol. The van der Waals surface area contributed by atoms with E-state index in [2.05, 4.69) is 0 Å². The molecular formula is C19H32N2O3S. The molecule has 25 heavy (non-hydrogen) atoms. The van der Waals surface area contributed by atoms with E-state index in [0.717, 1.165) is 31.2 Å². The minimum absolute atomic E-state index is 0.0685. The summed E-state index contributed by atoms with van der Waals surface area (Å²) in [5.74, 6) is 0.432. The normalized spacial score (nSPS) is 21.6. The second-order valence-electron chi connectivity index (χ2n) is 6.76. The summed E-state index contributed by atoms with van der Waals surface area (Å²) in [4.78, 5) is 0. The average Bonchev–Trinajstić information content (AvgIpc) is 2.63. The number of hydrogen-bond acceptors (Lipinski definition) is 4. The molecule has 1 aromatic carbocycles. The fraction of sp³-hybridized carbons (Fsp3) is 0.684. The van der Waals surface area contributed by atoms with Gasteiger partial charge < -0.3 is 10.5 Å². The Morgan fingerprint density at radius 3 is 2.60 bits per heavy atom. The SMILES string of the molecule is CCN(C1CCCCC1CN)S(=O)(=O)CCCOCc1ccccc1. The van der Waals surface area contributed by atoms with Crippen LogP contribution < -0.4 is 5.73 Å². The van der Waals surface area contributed by atoms with E-state index in [1.54, 1.807) is 4.31 Å². The van der Waals surface area contributed by atoms with Gasteiger partial charge >= 0.3 is 0 Å². The third kappa shape index (κ3) is 6.06. The van der Waals surface area contributed by atoms with Crippen molar-refractivity contribution in [3.63, 3.8) is 0 Å². The van der Waals surface area contributed by atoms with Crippen LogP contribution in [0.1, 0.15) is 44.6 Å². The molecule has 0 aromatic heterocycles. The summed E-state index contributed by atoms with van der Waals surface area (Å²) in [5, 5.41) is 0. The zero-order valence-electron chi connectivity index (χ0n) is 15.3. The minimum atomic E-state index is -3.26. The Kier molecular flexibility index (Phi) is 8.36. The second kappa shape index (κ2) is 10.3. The topological polar surface area (TPSA) is 72.6 Å². The Labute approximate surface area is 152 Å². The fourth-order valence-corrected chi connectivity index (χ4v) is 5.51. The molecule has 1 fully saturated rings. The summed E-state index contributed by atoms with van der Waals surface area (Å²) in [7, 11) is -3.26. The molecule has 2 N–H and O–H groups in total. The van der Waals surface area contributed by atoms with Gasteiger partial charge in [-0.1, -0.05) is 50.1 Å². The molecule has 0 saturated heterocycles. The minimum Gasteiger partial charge on any atom is -0.377 e. The van der Waals surface area contributed by atoms with Crippen LogP contribution in [0.5, 0.6) is 0 Å². The van der Waals surface area contributed by atoms with Gasteiger partial charge in [0.25, 0.3) is 0 Å². The zero-order valence-corrected chi connectivity index (χ0v) is 16.1. The molecule has 0 spiro atoms. The van der Waals surface area contributed by atoms with E-state index < -0.39 is 10.0 Å². The van der Waals surface area contributed by atoms with Crippen molar-refractivity contribution in [2.24, 2.45) is 11.7 Å². The van der Waals surface area contributed by atoms with Crippen molar-refractivity contribution < 1.29 is 13.2 Å². The molecule has 1 aliphatic carbocycles. The second-order valence-corrected chi connectivity index (χ2v) is 8.80. The van der Waals surface area contributed by atoms with Crippen molar-refractivity contribution in [2.75, 3.05) is 25.4 Å². The average molecular weight is 369 g/mol. The summed E-state index contributed by atoms with van der Waals surface area (Å²) in [6.07, 6.45) is 4.73. The molecule has 0 heterocycles. The summed E-state index contributed by atoms with van der Waals surface area (Å²) in [5.41, 5.74) is 6.99. The Hall–Kier alpha value is -0.950. The third-order valence-corrected chi connectivity index (χ3v) is 7.06. The van der Waals surface area contributed by atoms with Crippen molar-refractivity contribution in [3.05, 3.63) is 35.9 Å². The third-order valence-electron chi connectivity index (χ3n) is 5.01. The molecule has 0 aliphatic heterocycles. The first-order valence-electron chi connectivity index (χ1n) is 9.39. The molecule has 1 saturated carbocycles. The number of sulfonamides is 1. The lowest BCUT2D eigenvalue weighted by Crippen LogP contribution is -2.48. The molecule has 2 atom stereocenters. The highest BCUT2D eigenvalue weighted by molar-refractivity contribution is 7.89. The van der Waals surface area contributed by atoms with Gasteiger partial charge in [0, 0.05) is 19.2 Å². The number of nitrogens with zero attached hydrogens (tertiary/aromatic N) is 1. The molecule has 0 amide bonds. The van der Waals surface area contributed by atoms with Crippen LogP contribution in [0.25, 0.3) is 0 Å². The first-order valence-corrected chi connectivity index (χ1v) is 11.0. The lowest BCUT2D eigenvalue weighted by molar-refractivity contribution is 0.121. The van der Waals surface area contributed by atoms with Crippen LogP contribution in [0.15, 0.2) is 30.3 Å². The zero-order chi connectivity index (χ0) is 18.1. The van der Waals surface area contributed by atoms with E-state index in [1.807, 2.05) is 37.3 Å². The Morgan fingerprint density at radius 1 is 1.20 bits per heavy atom. The highest BCUT2D eigenvalue weighted by Gasteiger charge is 2.34. The number of hydrogen-bond donors (Lipinski definition) is 1. The predicted octanol–water partition coefficient (Wildman–Crippen LogP) is 2.76. The first-order chi connectivity index (χ1) is 12.1. The van der Waals surface area contributed by atoms with Gasteiger partial charge in [-0.05, 0) is 37.3 Å². The molecule has 1 aromatic rings. The Balaban J connectivity index is 1.81. The summed E-state index contributed by atoms with van der Waals surface area (Å²) in [6, 6.07) is 9.99. The van der Waals surface area contributed by atoms with Gasteiger partial charge in [0.05, 0.1) is 12.4 Å². The highest BCUT2D eigenvalue weighted by atomic mass is 32.2. The molecule has 142 valence electrons. The van der Waals surface area contributed by atoms with E-state index in [9.17, 15) is 8.42 Å². The quantitative estimate of drug-likeness (QED) is 0.645. The number of ether oxygens (including phenoxy) is 1. The van der Waals surface area contributed by atoms with Crippen LogP contribution in [-0.4, -0.2) is 44.2 Å². The van der Waals surface area contributed by atoms with Crippen LogP contribution in [0.2, 0.25) is 0 Å². The van der Waals surface area contributed by atoms with Gasteiger partial charge in [-0.25, -0.2) is 8.42 Å². The van der Waals surface area contributed by atoms with Gasteiger partial charge in [0.15, 0.2) is 0 Å². The lowest BCUT2D eigenvalue weighted by Gasteiger charge is -2.38. The van der Waals surface area contributed by atoms with Gasteiger partial charge in [0.2, 0.25) is 10.0 Å². The van der Waals surface area contributed by atoms with Crippen molar-refractivity contribution >= 4 is 10.0 Å². The van der Waals surface area contributed by atoms with Gasteiger partial charge in [0.1, 0.15) is 0 Å². The molecule has 5 nitrogen and oxygen atoms in total. The molecule has 2 rings (SSSR count). The van der Waals surface area contributed by atoms with Gasteiger partial charge in [-0.3, -0.25) is 0 Å². The van der Waals surface area contributed by atoms with Gasteiger partial charge in [-0.2, -0.15) is 4.31 Å². The van der Waals surface area contributed by atoms with Gasteiger partial charge in [-0.15, -0.1) is 0 Å². The lowest BCUT2D eigenvalue weighted by atomic mass is 9.84. The maximum Gasteiger partial charge on any atom is 0.214 e. The van der Waals surface area contributed by atoms with Crippen LogP contribution in [-0.2, 0) is 21.4 Å². The fourth-order valence-electron chi connectivity index (χ4n) is 3.70. The standard InChI is InChI=1S/C19H32N2O3S/c1-2-21(19-12-7-6-11-18(19)15-20)25(22,23)14-8-13-24-16-17-9-4-3-5-10-17/h3-5,9-10,18-19H,2,6-8,11-16,20H2,1H3. The van der Waals surface area contributed by atoms with E-state index in [-0.39, 0.29) is 17.7 Å². The molecule has 6 heteroatoms. The summed E-state index contributed by atoms with van der Waals surface area (Å²) in [6.45, 7) is 3.99.